The van der Waals surface area contributed by atoms with Gasteiger partial charge in [-0.05, 0) is 5.56 Å². The van der Waals surface area contributed by atoms with E-state index >= 15 is 0 Å². The van der Waals surface area contributed by atoms with E-state index in [2.05, 4.69) is 4.98 Å². The highest BCUT2D eigenvalue weighted by molar-refractivity contribution is 6.36. The van der Waals surface area contributed by atoms with Crippen molar-refractivity contribution in [2.75, 3.05) is 0 Å². The lowest BCUT2D eigenvalue weighted by atomic mass is 10.2. The minimum absolute atomic E-state index is 0.0575. The molecule has 0 unspecified atom stereocenters. The van der Waals surface area contributed by atoms with E-state index in [1.807, 2.05) is 6.07 Å². The van der Waals surface area contributed by atoms with E-state index < -0.39 is 0 Å². The van der Waals surface area contributed by atoms with Gasteiger partial charge >= 0.3 is 0 Å². The van der Waals surface area contributed by atoms with Gasteiger partial charge in [-0.15, -0.1) is 0 Å². The van der Waals surface area contributed by atoms with Crippen LogP contribution in [-0.2, 0) is 11.2 Å². The fraction of sp³-hybridized carbons (Fsp3) is 0.125. The van der Waals surface area contributed by atoms with E-state index in [1.165, 1.54) is 6.20 Å². The van der Waals surface area contributed by atoms with Crippen LogP contribution in [0.15, 0.2) is 6.20 Å². The van der Waals surface area contributed by atoms with Crippen molar-refractivity contribution in [1.29, 1.82) is 5.26 Å². The summed E-state index contributed by atoms with van der Waals surface area (Å²) in [4.78, 5) is 13.9. The zero-order chi connectivity index (χ0) is 9.84. The molecule has 5 heteroatoms. The first-order chi connectivity index (χ1) is 6.20. The van der Waals surface area contributed by atoms with Crippen molar-refractivity contribution in [3.63, 3.8) is 0 Å². The highest BCUT2D eigenvalue weighted by atomic mass is 35.5. The van der Waals surface area contributed by atoms with E-state index in [1.54, 1.807) is 0 Å². The smallest absolute Gasteiger partial charge is 0.148 e. The predicted molar refractivity (Wildman–Crippen MR) is 48.7 cm³/mol. The molecule has 13 heavy (non-hydrogen) atoms. The minimum atomic E-state index is 0.0575. The Morgan fingerprint density at radius 3 is 2.85 bits per heavy atom. The molecule has 0 atom stereocenters. The number of aldehydes is 1. The average Bonchev–Trinajstić information content (AvgIpc) is 2.11. The number of nitriles is 1. The SMILES string of the molecule is N#Cc1c(Cl)ncc(CC=O)c1Cl. The lowest BCUT2D eigenvalue weighted by molar-refractivity contribution is -0.107. The monoisotopic (exact) mass is 214 g/mol. The summed E-state index contributed by atoms with van der Waals surface area (Å²) in [6.45, 7) is 0. The van der Waals surface area contributed by atoms with Crippen LogP contribution in [0.5, 0.6) is 0 Å². The first kappa shape index (κ1) is 9.97. The van der Waals surface area contributed by atoms with Gasteiger partial charge in [-0.2, -0.15) is 5.26 Å². The number of nitrogens with zero attached hydrogens (tertiary/aromatic N) is 2. The molecule has 0 aliphatic carbocycles. The average molecular weight is 215 g/mol. The second kappa shape index (κ2) is 4.22. The lowest BCUT2D eigenvalue weighted by Crippen LogP contribution is -1.93. The van der Waals surface area contributed by atoms with Gasteiger partial charge in [0.1, 0.15) is 23.1 Å². The Balaban J connectivity index is 3.29. The maximum Gasteiger partial charge on any atom is 0.148 e. The van der Waals surface area contributed by atoms with Crippen LogP contribution < -0.4 is 0 Å². The lowest BCUT2D eigenvalue weighted by Gasteiger charge is -2.01. The third kappa shape index (κ3) is 1.97. The van der Waals surface area contributed by atoms with Gasteiger partial charge in [0, 0.05) is 12.6 Å². The van der Waals surface area contributed by atoms with E-state index in [9.17, 15) is 4.79 Å². The molecule has 1 aromatic heterocycles. The zero-order valence-corrected chi connectivity index (χ0v) is 7.93. The number of carbonyl (C=O) groups is 1. The predicted octanol–water partition coefficient (Wildman–Crippen LogP) is 2.00. The van der Waals surface area contributed by atoms with Crippen molar-refractivity contribution >= 4 is 29.5 Å². The van der Waals surface area contributed by atoms with Gasteiger partial charge in [-0.25, -0.2) is 4.98 Å². The normalized spacial score (nSPS) is 9.31. The fourth-order valence-electron chi connectivity index (χ4n) is 0.834. The minimum Gasteiger partial charge on any atom is -0.303 e. The van der Waals surface area contributed by atoms with Crippen LogP contribution in [0.4, 0.5) is 0 Å². The van der Waals surface area contributed by atoms with Crippen molar-refractivity contribution in [3.05, 3.63) is 27.5 Å². The van der Waals surface area contributed by atoms with Crippen LogP contribution >= 0.6 is 23.2 Å². The Morgan fingerprint density at radius 2 is 2.31 bits per heavy atom. The third-order valence-electron chi connectivity index (χ3n) is 1.46. The van der Waals surface area contributed by atoms with E-state index in [4.69, 9.17) is 28.5 Å². The highest BCUT2D eigenvalue weighted by Gasteiger charge is 2.10. The Hall–Kier alpha value is -1.11. The molecule has 0 spiro atoms. The molecule has 1 rings (SSSR count). The molecule has 0 saturated carbocycles. The Bertz CT molecular complexity index is 384. The molecule has 0 fully saturated rings. The topological polar surface area (TPSA) is 53.8 Å². The van der Waals surface area contributed by atoms with E-state index in [-0.39, 0.29) is 22.2 Å². The van der Waals surface area contributed by atoms with Gasteiger partial charge in [-0.1, -0.05) is 23.2 Å². The standard InChI is InChI=1S/C8H4Cl2N2O/c9-7-5(1-2-13)4-12-8(10)6(7)3-11/h2,4H,1H2. The molecule has 0 bridgehead atoms. The van der Waals surface area contributed by atoms with Gasteiger partial charge < -0.3 is 4.79 Å². The van der Waals surface area contributed by atoms with Crippen LogP contribution in [-0.4, -0.2) is 11.3 Å². The summed E-state index contributed by atoms with van der Waals surface area (Å²) in [5.74, 6) is 0. The number of pyridine rings is 1. The molecule has 0 aromatic carbocycles. The summed E-state index contributed by atoms with van der Waals surface area (Å²) < 4.78 is 0. The van der Waals surface area contributed by atoms with Crippen molar-refractivity contribution in [2.24, 2.45) is 0 Å². The zero-order valence-electron chi connectivity index (χ0n) is 6.42. The van der Waals surface area contributed by atoms with Crippen LogP contribution in [0.2, 0.25) is 10.2 Å². The largest absolute Gasteiger partial charge is 0.303 e. The molecular formula is C8H4Cl2N2O. The maximum absolute atomic E-state index is 10.2. The summed E-state index contributed by atoms with van der Waals surface area (Å²) in [5, 5.41) is 8.91. The summed E-state index contributed by atoms with van der Waals surface area (Å²) >= 11 is 11.4. The van der Waals surface area contributed by atoms with Gasteiger partial charge in [0.2, 0.25) is 0 Å². The Kier molecular flexibility index (Phi) is 3.24. The molecule has 0 amide bonds. The van der Waals surface area contributed by atoms with Gasteiger partial charge in [0.05, 0.1) is 5.02 Å². The second-order valence-electron chi connectivity index (χ2n) is 2.25. The maximum atomic E-state index is 10.2. The molecule has 0 N–H and O–H groups in total. The number of halogens is 2. The van der Waals surface area contributed by atoms with E-state index in [0.29, 0.717) is 11.8 Å². The number of hydrogen-bond donors (Lipinski definition) is 0. The molecule has 0 saturated heterocycles. The highest BCUT2D eigenvalue weighted by Crippen LogP contribution is 2.25. The molecular weight excluding hydrogens is 211 g/mol. The first-order valence-electron chi connectivity index (χ1n) is 3.37. The third-order valence-corrected chi connectivity index (χ3v) is 2.17. The molecule has 0 aliphatic heterocycles. The Morgan fingerprint density at radius 1 is 1.62 bits per heavy atom. The molecule has 3 nitrogen and oxygen atoms in total. The van der Waals surface area contributed by atoms with Gasteiger partial charge in [0.15, 0.2) is 0 Å². The molecule has 1 aromatic rings. The summed E-state index contributed by atoms with van der Waals surface area (Å²) in [6.07, 6.45) is 2.22. The van der Waals surface area contributed by atoms with Crippen LogP contribution in [0.25, 0.3) is 0 Å². The Labute approximate surface area is 84.9 Å². The summed E-state index contributed by atoms with van der Waals surface area (Å²) in [5.41, 5.74) is 0.625. The first-order valence-corrected chi connectivity index (χ1v) is 4.13. The van der Waals surface area contributed by atoms with Crippen LogP contribution in [0.3, 0.4) is 0 Å². The fourth-order valence-corrected chi connectivity index (χ4v) is 1.33. The molecule has 0 radical (unpaired) electrons. The van der Waals surface area contributed by atoms with E-state index in [0.717, 1.165) is 0 Å². The molecule has 0 aliphatic rings. The number of hydrogen-bond acceptors (Lipinski definition) is 3. The van der Waals surface area contributed by atoms with Crippen molar-refractivity contribution < 1.29 is 4.79 Å². The van der Waals surface area contributed by atoms with Crippen molar-refractivity contribution in [3.8, 4) is 6.07 Å². The molecule has 1 heterocycles. The quantitative estimate of drug-likeness (QED) is 0.559. The van der Waals surface area contributed by atoms with Crippen LogP contribution in [0.1, 0.15) is 11.1 Å². The van der Waals surface area contributed by atoms with Gasteiger partial charge in [-0.3, -0.25) is 0 Å². The summed E-state index contributed by atoms with van der Waals surface area (Å²) in [6, 6.07) is 1.82. The summed E-state index contributed by atoms with van der Waals surface area (Å²) in [7, 11) is 0. The second-order valence-corrected chi connectivity index (χ2v) is 2.98. The van der Waals surface area contributed by atoms with Crippen molar-refractivity contribution in [2.45, 2.75) is 6.42 Å². The number of rotatable bonds is 2. The van der Waals surface area contributed by atoms with Crippen molar-refractivity contribution in [1.82, 2.24) is 4.98 Å². The number of aromatic nitrogens is 1. The molecule has 66 valence electrons. The van der Waals surface area contributed by atoms with Gasteiger partial charge in [0.25, 0.3) is 0 Å². The number of carbonyl (C=O) groups excluding carboxylic acids is 1. The van der Waals surface area contributed by atoms with Crippen LogP contribution in [0, 0.1) is 11.3 Å².